The van der Waals surface area contributed by atoms with Crippen LogP contribution < -0.4 is 14.4 Å². The SMILES string of the molecule is CCCNC(=O)C(CC)N(Cc1ccccc1)C(=O)CN(c1ccccc1OCC)S(C)(=O)=O. The van der Waals surface area contributed by atoms with E-state index in [-0.39, 0.29) is 18.1 Å². The lowest BCUT2D eigenvalue weighted by atomic mass is 10.1. The molecule has 0 aliphatic carbocycles. The molecule has 0 heterocycles. The number of amides is 2. The number of nitrogens with zero attached hydrogens (tertiary/aromatic N) is 2. The van der Waals surface area contributed by atoms with Gasteiger partial charge in [-0.3, -0.25) is 13.9 Å². The lowest BCUT2D eigenvalue weighted by molar-refractivity contribution is -0.140. The Morgan fingerprint density at radius 1 is 1.00 bits per heavy atom. The van der Waals surface area contributed by atoms with Crippen LogP contribution in [-0.2, 0) is 26.2 Å². The molecule has 0 spiro atoms. The summed E-state index contributed by atoms with van der Waals surface area (Å²) in [5.74, 6) is -0.362. The highest BCUT2D eigenvalue weighted by Crippen LogP contribution is 2.30. The summed E-state index contributed by atoms with van der Waals surface area (Å²) in [6, 6.07) is 15.3. The number of carbonyl (C=O) groups is 2. The second-order valence-electron chi connectivity index (χ2n) is 7.89. The standard InChI is InChI=1S/C25H35N3O5S/c1-5-17-26-25(30)21(6-2)27(18-20-13-9-8-10-14-20)24(29)19-28(34(4,31)32)22-15-11-12-16-23(22)33-7-3/h8-16,21H,5-7,17-19H2,1-4H3,(H,26,30). The minimum Gasteiger partial charge on any atom is -0.492 e. The summed E-state index contributed by atoms with van der Waals surface area (Å²) in [4.78, 5) is 28.0. The topological polar surface area (TPSA) is 96.0 Å². The van der Waals surface area contributed by atoms with Gasteiger partial charge in [0.25, 0.3) is 0 Å². The molecular formula is C25H35N3O5S. The van der Waals surface area contributed by atoms with Gasteiger partial charge in [0.05, 0.1) is 18.6 Å². The molecule has 2 rings (SSSR count). The van der Waals surface area contributed by atoms with Crippen molar-refractivity contribution in [2.45, 2.75) is 46.2 Å². The predicted molar refractivity (Wildman–Crippen MR) is 134 cm³/mol. The molecular weight excluding hydrogens is 454 g/mol. The van der Waals surface area contributed by atoms with E-state index in [1.807, 2.05) is 44.2 Å². The van der Waals surface area contributed by atoms with Crippen molar-refractivity contribution in [2.75, 3.05) is 30.3 Å². The van der Waals surface area contributed by atoms with E-state index in [0.29, 0.717) is 25.3 Å². The first-order valence-corrected chi connectivity index (χ1v) is 13.4. The summed E-state index contributed by atoms with van der Waals surface area (Å²) < 4.78 is 32.1. The molecule has 0 aliphatic heterocycles. The number of hydrogen-bond donors (Lipinski definition) is 1. The number of ether oxygens (including phenoxy) is 1. The quantitative estimate of drug-likeness (QED) is 0.466. The van der Waals surface area contributed by atoms with E-state index in [1.165, 1.54) is 4.90 Å². The molecule has 1 atom stereocenters. The number of para-hydroxylation sites is 2. The molecule has 8 nitrogen and oxygen atoms in total. The zero-order chi connectivity index (χ0) is 25.1. The molecule has 0 bridgehead atoms. The molecule has 0 saturated carbocycles. The summed E-state index contributed by atoms with van der Waals surface area (Å²) in [7, 11) is -3.82. The van der Waals surface area contributed by atoms with Crippen LogP contribution in [0.2, 0.25) is 0 Å². The maximum Gasteiger partial charge on any atom is 0.244 e. The number of sulfonamides is 1. The lowest BCUT2D eigenvalue weighted by Crippen LogP contribution is -2.52. The van der Waals surface area contributed by atoms with Crippen LogP contribution in [0.15, 0.2) is 54.6 Å². The van der Waals surface area contributed by atoms with Crippen LogP contribution in [0.4, 0.5) is 5.69 Å². The Morgan fingerprint density at radius 3 is 2.24 bits per heavy atom. The third-order valence-corrected chi connectivity index (χ3v) is 6.37. The zero-order valence-corrected chi connectivity index (χ0v) is 21.2. The molecule has 0 saturated heterocycles. The van der Waals surface area contributed by atoms with Crippen LogP contribution in [-0.4, -0.2) is 57.1 Å². The van der Waals surface area contributed by atoms with Gasteiger partial charge < -0.3 is 15.0 Å². The largest absolute Gasteiger partial charge is 0.492 e. The fourth-order valence-electron chi connectivity index (χ4n) is 3.60. The van der Waals surface area contributed by atoms with Crippen LogP contribution >= 0.6 is 0 Å². The van der Waals surface area contributed by atoms with Gasteiger partial charge in [-0.05, 0) is 37.5 Å². The lowest BCUT2D eigenvalue weighted by Gasteiger charge is -2.33. The first-order valence-electron chi connectivity index (χ1n) is 11.5. The average Bonchev–Trinajstić information content (AvgIpc) is 2.81. The Morgan fingerprint density at radius 2 is 1.65 bits per heavy atom. The fourth-order valence-corrected chi connectivity index (χ4v) is 4.45. The van der Waals surface area contributed by atoms with Gasteiger partial charge in [-0.1, -0.05) is 56.3 Å². The van der Waals surface area contributed by atoms with Crippen molar-refractivity contribution in [3.05, 3.63) is 60.2 Å². The fraction of sp³-hybridized carbons (Fsp3) is 0.440. The van der Waals surface area contributed by atoms with Crippen molar-refractivity contribution >= 4 is 27.5 Å². The molecule has 0 aliphatic rings. The molecule has 2 aromatic rings. The molecule has 1 unspecified atom stereocenters. The third-order valence-electron chi connectivity index (χ3n) is 5.24. The van der Waals surface area contributed by atoms with E-state index in [9.17, 15) is 18.0 Å². The normalized spacial score (nSPS) is 12.0. The van der Waals surface area contributed by atoms with Gasteiger partial charge in [0.1, 0.15) is 18.3 Å². The van der Waals surface area contributed by atoms with Crippen molar-refractivity contribution in [3.63, 3.8) is 0 Å². The Balaban J connectivity index is 2.44. The summed E-state index contributed by atoms with van der Waals surface area (Å²) in [6.45, 7) is 6.16. The molecule has 1 N–H and O–H groups in total. The summed E-state index contributed by atoms with van der Waals surface area (Å²) >= 11 is 0. The number of rotatable bonds is 13. The van der Waals surface area contributed by atoms with Gasteiger partial charge in [0, 0.05) is 13.1 Å². The van der Waals surface area contributed by atoms with Crippen LogP contribution in [0.25, 0.3) is 0 Å². The average molecular weight is 490 g/mol. The van der Waals surface area contributed by atoms with Crippen molar-refractivity contribution in [3.8, 4) is 5.75 Å². The first kappa shape index (κ1) is 27.2. The Kier molecular flexibility index (Phi) is 10.4. The summed E-state index contributed by atoms with van der Waals surface area (Å²) in [6.07, 6.45) is 2.21. The van der Waals surface area contributed by atoms with Crippen molar-refractivity contribution < 1.29 is 22.7 Å². The van der Waals surface area contributed by atoms with E-state index >= 15 is 0 Å². The number of nitrogens with one attached hydrogen (secondary N) is 1. The van der Waals surface area contributed by atoms with Gasteiger partial charge >= 0.3 is 0 Å². The van der Waals surface area contributed by atoms with Crippen LogP contribution in [0, 0.1) is 0 Å². The molecule has 0 radical (unpaired) electrons. The van der Waals surface area contributed by atoms with Crippen LogP contribution in [0.3, 0.4) is 0 Å². The van der Waals surface area contributed by atoms with E-state index in [2.05, 4.69) is 5.32 Å². The van der Waals surface area contributed by atoms with Crippen LogP contribution in [0.1, 0.15) is 39.2 Å². The number of benzene rings is 2. The highest BCUT2D eigenvalue weighted by atomic mass is 32.2. The second kappa shape index (κ2) is 13.0. The highest BCUT2D eigenvalue weighted by molar-refractivity contribution is 7.92. The first-order chi connectivity index (χ1) is 16.2. The summed E-state index contributed by atoms with van der Waals surface area (Å²) in [5.41, 5.74) is 1.13. The van der Waals surface area contributed by atoms with E-state index in [1.54, 1.807) is 31.2 Å². The minimum absolute atomic E-state index is 0.183. The van der Waals surface area contributed by atoms with Gasteiger partial charge in [-0.15, -0.1) is 0 Å². The van der Waals surface area contributed by atoms with Gasteiger partial charge in [-0.2, -0.15) is 0 Å². The van der Waals surface area contributed by atoms with Crippen molar-refractivity contribution in [2.24, 2.45) is 0 Å². The highest BCUT2D eigenvalue weighted by Gasteiger charge is 2.32. The zero-order valence-electron chi connectivity index (χ0n) is 20.4. The van der Waals surface area contributed by atoms with Crippen LogP contribution in [0.5, 0.6) is 5.75 Å². The van der Waals surface area contributed by atoms with E-state index < -0.39 is 28.5 Å². The minimum atomic E-state index is -3.82. The molecule has 0 fully saturated rings. The maximum atomic E-state index is 13.6. The Hall–Kier alpha value is -3.07. The second-order valence-corrected chi connectivity index (χ2v) is 9.80. The molecule has 9 heteroatoms. The number of hydrogen-bond acceptors (Lipinski definition) is 5. The van der Waals surface area contributed by atoms with E-state index in [0.717, 1.165) is 22.5 Å². The van der Waals surface area contributed by atoms with E-state index in [4.69, 9.17) is 4.74 Å². The summed E-state index contributed by atoms with van der Waals surface area (Å²) in [5, 5.41) is 2.86. The Labute approximate surface area is 202 Å². The molecule has 186 valence electrons. The predicted octanol–water partition coefficient (Wildman–Crippen LogP) is 3.18. The number of carbonyl (C=O) groups excluding carboxylic acids is 2. The van der Waals surface area contributed by atoms with Gasteiger partial charge in [0.2, 0.25) is 21.8 Å². The molecule has 2 aromatic carbocycles. The monoisotopic (exact) mass is 489 g/mol. The molecule has 34 heavy (non-hydrogen) atoms. The maximum absolute atomic E-state index is 13.6. The third kappa shape index (κ3) is 7.48. The number of anilines is 1. The molecule has 2 amide bonds. The van der Waals surface area contributed by atoms with Crippen molar-refractivity contribution in [1.82, 2.24) is 10.2 Å². The van der Waals surface area contributed by atoms with Gasteiger partial charge in [0.15, 0.2) is 0 Å². The smallest absolute Gasteiger partial charge is 0.244 e. The molecule has 0 aromatic heterocycles. The Bertz CT molecular complexity index is 1040. The van der Waals surface area contributed by atoms with Gasteiger partial charge in [-0.25, -0.2) is 8.42 Å². The van der Waals surface area contributed by atoms with Crippen molar-refractivity contribution in [1.29, 1.82) is 0 Å².